The summed E-state index contributed by atoms with van der Waals surface area (Å²) in [6.45, 7) is 1.90. The van der Waals surface area contributed by atoms with Crippen LogP contribution in [0.4, 0.5) is 5.82 Å². The third-order valence-corrected chi connectivity index (χ3v) is 2.26. The highest BCUT2D eigenvalue weighted by Gasteiger charge is 2.09. The van der Waals surface area contributed by atoms with Crippen molar-refractivity contribution < 1.29 is 0 Å². The van der Waals surface area contributed by atoms with Gasteiger partial charge in [0.1, 0.15) is 0 Å². The van der Waals surface area contributed by atoms with E-state index in [4.69, 9.17) is 11.0 Å². The molecule has 4 nitrogen and oxygen atoms in total. The molecule has 74 valence electrons. The third-order valence-electron chi connectivity index (χ3n) is 2.26. The fourth-order valence-corrected chi connectivity index (χ4v) is 1.56. The van der Waals surface area contributed by atoms with Gasteiger partial charge >= 0.3 is 0 Å². The average molecular weight is 198 g/mol. The molecule has 0 atom stereocenters. The fraction of sp³-hybridized carbons (Fsp3) is 0.0909. The molecule has 0 amide bonds. The van der Waals surface area contributed by atoms with Crippen molar-refractivity contribution >= 4 is 5.82 Å². The summed E-state index contributed by atoms with van der Waals surface area (Å²) in [5.74, 6) is 0.461. The molecule has 1 heterocycles. The van der Waals surface area contributed by atoms with Crippen molar-refractivity contribution in [2.24, 2.45) is 0 Å². The lowest BCUT2D eigenvalue weighted by molar-refractivity contribution is 1.05. The summed E-state index contributed by atoms with van der Waals surface area (Å²) in [5.41, 5.74) is 9.05. The van der Waals surface area contributed by atoms with Gasteiger partial charge < -0.3 is 5.73 Å². The van der Waals surface area contributed by atoms with Crippen molar-refractivity contribution in [2.75, 3.05) is 5.73 Å². The molecule has 0 aliphatic rings. The van der Waals surface area contributed by atoms with Crippen LogP contribution in [0.1, 0.15) is 11.3 Å². The SMILES string of the molecule is Cc1[nH]nc(N)c1-c1cccc(C#N)c1. The predicted octanol–water partition coefficient (Wildman–Crippen LogP) is 1.84. The van der Waals surface area contributed by atoms with Gasteiger partial charge in [-0.3, -0.25) is 5.10 Å². The maximum Gasteiger partial charge on any atom is 0.153 e. The minimum Gasteiger partial charge on any atom is -0.382 e. The molecule has 1 aromatic heterocycles. The molecule has 0 aliphatic heterocycles. The zero-order valence-electron chi connectivity index (χ0n) is 8.28. The van der Waals surface area contributed by atoms with Crippen molar-refractivity contribution in [3.63, 3.8) is 0 Å². The summed E-state index contributed by atoms with van der Waals surface area (Å²) in [4.78, 5) is 0. The van der Waals surface area contributed by atoms with Crippen molar-refractivity contribution in [1.29, 1.82) is 5.26 Å². The molecule has 0 saturated heterocycles. The molecule has 0 radical (unpaired) electrons. The lowest BCUT2D eigenvalue weighted by Crippen LogP contribution is -1.88. The first-order chi connectivity index (χ1) is 7.22. The van der Waals surface area contributed by atoms with Gasteiger partial charge in [-0.1, -0.05) is 12.1 Å². The Kier molecular flexibility index (Phi) is 2.14. The van der Waals surface area contributed by atoms with Gasteiger partial charge in [-0.25, -0.2) is 0 Å². The molecule has 2 aromatic rings. The number of nitriles is 1. The number of nitrogens with one attached hydrogen (secondary N) is 1. The van der Waals surface area contributed by atoms with E-state index in [-0.39, 0.29) is 0 Å². The molecule has 1 aromatic carbocycles. The maximum absolute atomic E-state index is 8.79. The van der Waals surface area contributed by atoms with E-state index >= 15 is 0 Å². The van der Waals surface area contributed by atoms with Crippen LogP contribution < -0.4 is 5.73 Å². The Morgan fingerprint density at radius 3 is 2.87 bits per heavy atom. The Morgan fingerprint density at radius 2 is 2.27 bits per heavy atom. The highest BCUT2D eigenvalue weighted by atomic mass is 15.2. The van der Waals surface area contributed by atoms with Crippen LogP contribution in [-0.4, -0.2) is 10.2 Å². The quantitative estimate of drug-likeness (QED) is 0.733. The monoisotopic (exact) mass is 198 g/mol. The highest BCUT2D eigenvalue weighted by molar-refractivity contribution is 5.76. The van der Waals surface area contributed by atoms with Gasteiger partial charge in [0.05, 0.1) is 11.6 Å². The lowest BCUT2D eigenvalue weighted by Gasteiger charge is -2.01. The molecule has 15 heavy (non-hydrogen) atoms. The molecule has 0 spiro atoms. The number of aryl methyl sites for hydroxylation is 1. The molecule has 0 bridgehead atoms. The molecular weight excluding hydrogens is 188 g/mol. The number of anilines is 1. The number of aromatic nitrogens is 2. The highest BCUT2D eigenvalue weighted by Crippen LogP contribution is 2.27. The van der Waals surface area contributed by atoms with E-state index in [9.17, 15) is 0 Å². The first-order valence-corrected chi connectivity index (χ1v) is 4.53. The van der Waals surface area contributed by atoms with Crippen LogP contribution in [0, 0.1) is 18.3 Å². The number of benzene rings is 1. The number of H-pyrrole nitrogens is 1. The molecule has 4 heteroatoms. The van der Waals surface area contributed by atoms with Crippen molar-refractivity contribution in [1.82, 2.24) is 10.2 Å². The summed E-state index contributed by atoms with van der Waals surface area (Å²) >= 11 is 0. The van der Waals surface area contributed by atoms with Gasteiger partial charge in [-0.05, 0) is 24.6 Å². The molecule has 2 rings (SSSR count). The van der Waals surface area contributed by atoms with Crippen LogP contribution >= 0.6 is 0 Å². The number of nitrogens with zero attached hydrogens (tertiary/aromatic N) is 2. The van der Waals surface area contributed by atoms with E-state index in [0.717, 1.165) is 16.8 Å². The number of hydrogen-bond donors (Lipinski definition) is 2. The third kappa shape index (κ3) is 1.55. The Hall–Kier alpha value is -2.28. The second-order valence-electron chi connectivity index (χ2n) is 3.30. The lowest BCUT2D eigenvalue weighted by atomic mass is 10.0. The van der Waals surface area contributed by atoms with E-state index in [1.54, 1.807) is 12.1 Å². The van der Waals surface area contributed by atoms with Gasteiger partial charge in [0, 0.05) is 11.3 Å². The second kappa shape index (κ2) is 3.46. The van der Waals surface area contributed by atoms with E-state index in [1.165, 1.54) is 0 Å². The summed E-state index contributed by atoms with van der Waals surface area (Å²) in [7, 11) is 0. The van der Waals surface area contributed by atoms with Gasteiger partial charge in [0.15, 0.2) is 5.82 Å². The van der Waals surface area contributed by atoms with Gasteiger partial charge in [0.25, 0.3) is 0 Å². The predicted molar refractivity (Wildman–Crippen MR) is 57.9 cm³/mol. The topological polar surface area (TPSA) is 78.5 Å². The van der Waals surface area contributed by atoms with Gasteiger partial charge in [-0.15, -0.1) is 0 Å². The van der Waals surface area contributed by atoms with Gasteiger partial charge in [0.2, 0.25) is 0 Å². The Morgan fingerprint density at radius 1 is 1.47 bits per heavy atom. The van der Waals surface area contributed by atoms with E-state index in [2.05, 4.69) is 16.3 Å². The number of aromatic amines is 1. The largest absolute Gasteiger partial charge is 0.382 e. The van der Waals surface area contributed by atoms with Crippen LogP contribution in [0.3, 0.4) is 0 Å². The minimum absolute atomic E-state index is 0.461. The summed E-state index contributed by atoms with van der Waals surface area (Å²) < 4.78 is 0. The molecule has 0 aliphatic carbocycles. The van der Waals surface area contributed by atoms with E-state index < -0.39 is 0 Å². The number of hydrogen-bond acceptors (Lipinski definition) is 3. The maximum atomic E-state index is 8.79. The fourth-order valence-electron chi connectivity index (χ4n) is 1.56. The smallest absolute Gasteiger partial charge is 0.153 e. The van der Waals surface area contributed by atoms with Crippen molar-refractivity contribution in [3.8, 4) is 17.2 Å². The average Bonchev–Trinajstić information content (AvgIpc) is 2.59. The van der Waals surface area contributed by atoms with Crippen LogP contribution in [0.5, 0.6) is 0 Å². The number of nitrogen functional groups attached to an aromatic ring is 1. The summed E-state index contributed by atoms with van der Waals surface area (Å²) in [5, 5.41) is 15.5. The van der Waals surface area contributed by atoms with Gasteiger partial charge in [-0.2, -0.15) is 10.4 Å². The first-order valence-electron chi connectivity index (χ1n) is 4.53. The molecule has 0 fully saturated rings. The Balaban J connectivity index is 2.60. The van der Waals surface area contributed by atoms with Crippen molar-refractivity contribution in [2.45, 2.75) is 6.92 Å². The minimum atomic E-state index is 0.461. The summed E-state index contributed by atoms with van der Waals surface area (Å²) in [6, 6.07) is 9.40. The van der Waals surface area contributed by atoms with Crippen molar-refractivity contribution in [3.05, 3.63) is 35.5 Å². The van der Waals surface area contributed by atoms with Crippen LogP contribution in [0.15, 0.2) is 24.3 Å². The molecule has 0 saturated carbocycles. The number of rotatable bonds is 1. The van der Waals surface area contributed by atoms with Crippen LogP contribution in [0.25, 0.3) is 11.1 Å². The number of nitrogens with two attached hydrogens (primary N) is 1. The van der Waals surface area contributed by atoms with Crippen LogP contribution in [0.2, 0.25) is 0 Å². The zero-order valence-corrected chi connectivity index (χ0v) is 8.28. The zero-order chi connectivity index (χ0) is 10.8. The Bertz CT molecular complexity index is 514. The van der Waals surface area contributed by atoms with E-state index in [0.29, 0.717) is 11.4 Å². The molecular formula is C11H10N4. The first kappa shape index (κ1) is 9.28. The standard InChI is InChI=1S/C11H10N4/c1-7-10(11(13)15-14-7)9-4-2-3-8(5-9)6-12/h2-5H,1H3,(H3,13,14,15). The van der Waals surface area contributed by atoms with Crippen LogP contribution in [-0.2, 0) is 0 Å². The molecule has 0 unspecified atom stereocenters. The Labute approximate surface area is 87.3 Å². The van der Waals surface area contributed by atoms with E-state index in [1.807, 2.05) is 19.1 Å². The summed E-state index contributed by atoms with van der Waals surface area (Å²) in [6.07, 6.45) is 0. The molecule has 3 N–H and O–H groups in total. The second-order valence-corrected chi connectivity index (χ2v) is 3.30. The normalized spacial score (nSPS) is 9.87.